The number of benzene rings is 1. The number of anilines is 1. The van der Waals surface area contributed by atoms with Crippen molar-refractivity contribution in [1.82, 2.24) is 5.32 Å². The summed E-state index contributed by atoms with van der Waals surface area (Å²) in [7, 11) is 1.50. The van der Waals surface area contributed by atoms with Gasteiger partial charge in [-0.15, -0.1) is 0 Å². The molecule has 1 rings (SSSR count). The van der Waals surface area contributed by atoms with E-state index in [2.05, 4.69) is 12.2 Å². The lowest BCUT2D eigenvalue weighted by Gasteiger charge is -2.11. The van der Waals surface area contributed by atoms with Gasteiger partial charge in [0.15, 0.2) is 5.75 Å². The van der Waals surface area contributed by atoms with Crippen LogP contribution >= 0.6 is 0 Å². The van der Waals surface area contributed by atoms with E-state index in [4.69, 9.17) is 15.2 Å². The molecular weight excluding hydrogens is 256 g/mol. The average molecular weight is 280 g/mol. The Labute approximate surface area is 120 Å². The summed E-state index contributed by atoms with van der Waals surface area (Å²) in [6.45, 7) is 4.15. The molecule has 112 valence electrons. The summed E-state index contributed by atoms with van der Waals surface area (Å²) in [6.07, 6.45) is 3.00. The monoisotopic (exact) mass is 280 g/mol. The van der Waals surface area contributed by atoms with Crippen molar-refractivity contribution in [2.75, 3.05) is 32.6 Å². The minimum atomic E-state index is -0.178. The van der Waals surface area contributed by atoms with E-state index in [-0.39, 0.29) is 5.91 Å². The van der Waals surface area contributed by atoms with Gasteiger partial charge in [0.2, 0.25) is 0 Å². The second-order valence-corrected chi connectivity index (χ2v) is 4.50. The van der Waals surface area contributed by atoms with Crippen LogP contribution in [-0.4, -0.2) is 32.8 Å². The maximum absolute atomic E-state index is 12.0. The Hall–Kier alpha value is -1.75. The van der Waals surface area contributed by atoms with Gasteiger partial charge in [-0.05, 0) is 25.0 Å². The molecule has 0 aromatic heterocycles. The Balaban J connectivity index is 2.35. The normalized spacial score (nSPS) is 10.3. The number of hydrogen-bond acceptors (Lipinski definition) is 4. The largest absolute Gasteiger partial charge is 0.494 e. The Morgan fingerprint density at radius 3 is 2.75 bits per heavy atom. The number of hydrogen-bond donors (Lipinski definition) is 2. The number of methoxy groups -OCH3 is 1. The van der Waals surface area contributed by atoms with Crippen LogP contribution < -0.4 is 15.8 Å². The van der Waals surface area contributed by atoms with Crippen molar-refractivity contribution in [3.05, 3.63) is 23.8 Å². The lowest BCUT2D eigenvalue weighted by atomic mass is 10.1. The third-order valence-electron chi connectivity index (χ3n) is 2.89. The number of amides is 1. The lowest BCUT2D eigenvalue weighted by molar-refractivity contribution is 0.0937. The van der Waals surface area contributed by atoms with Crippen molar-refractivity contribution >= 4 is 11.6 Å². The molecule has 0 saturated carbocycles. The average Bonchev–Trinajstić information content (AvgIpc) is 2.45. The molecule has 20 heavy (non-hydrogen) atoms. The number of nitrogens with one attached hydrogen (secondary N) is 1. The van der Waals surface area contributed by atoms with Crippen molar-refractivity contribution in [2.24, 2.45) is 0 Å². The van der Waals surface area contributed by atoms with Crippen LogP contribution in [0.2, 0.25) is 0 Å². The molecule has 0 radical (unpaired) electrons. The molecular formula is C15H24N2O3. The van der Waals surface area contributed by atoms with Crippen molar-refractivity contribution < 1.29 is 14.3 Å². The quantitative estimate of drug-likeness (QED) is 0.537. The van der Waals surface area contributed by atoms with Crippen molar-refractivity contribution in [3.63, 3.8) is 0 Å². The van der Waals surface area contributed by atoms with Crippen molar-refractivity contribution in [1.29, 1.82) is 0 Å². The Kier molecular flexibility index (Phi) is 7.50. The van der Waals surface area contributed by atoms with Gasteiger partial charge < -0.3 is 20.5 Å². The van der Waals surface area contributed by atoms with Gasteiger partial charge in [-0.2, -0.15) is 0 Å². The summed E-state index contributed by atoms with van der Waals surface area (Å²) in [5.41, 5.74) is 6.69. The van der Waals surface area contributed by atoms with Crippen LogP contribution in [-0.2, 0) is 4.74 Å². The fourth-order valence-corrected chi connectivity index (χ4v) is 1.78. The number of para-hydroxylation sites is 1. The van der Waals surface area contributed by atoms with Gasteiger partial charge in [-0.1, -0.05) is 19.4 Å². The van der Waals surface area contributed by atoms with E-state index in [1.54, 1.807) is 18.2 Å². The molecule has 0 atom stereocenters. The molecule has 1 aromatic rings. The molecule has 0 aliphatic carbocycles. The first-order chi connectivity index (χ1) is 9.70. The van der Waals surface area contributed by atoms with Crippen molar-refractivity contribution in [2.45, 2.75) is 26.2 Å². The first kappa shape index (κ1) is 16.3. The molecule has 0 aliphatic heterocycles. The van der Waals surface area contributed by atoms with Gasteiger partial charge in [-0.25, -0.2) is 0 Å². The molecule has 3 N–H and O–H groups in total. The summed E-state index contributed by atoms with van der Waals surface area (Å²) >= 11 is 0. The number of nitrogens with two attached hydrogens (primary N) is 1. The zero-order chi connectivity index (χ0) is 14.8. The molecule has 1 amide bonds. The molecule has 0 fully saturated rings. The lowest BCUT2D eigenvalue weighted by Crippen LogP contribution is -2.26. The molecule has 0 aliphatic rings. The first-order valence-electron chi connectivity index (χ1n) is 6.99. The highest BCUT2D eigenvalue weighted by Gasteiger charge is 2.13. The smallest absolute Gasteiger partial charge is 0.255 e. The highest BCUT2D eigenvalue weighted by molar-refractivity contribution is 5.98. The molecule has 5 heteroatoms. The summed E-state index contributed by atoms with van der Waals surface area (Å²) in [6, 6.07) is 5.14. The molecule has 0 bridgehead atoms. The summed E-state index contributed by atoms with van der Waals surface area (Å²) in [5.74, 6) is 0.243. The Bertz CT molecular complexity index is 422. The zero-order valence-corrected chi connectivity index (χ0v) is 12.3. The minimum Gasteiger partial charge on any atom is -0.494 e. The predicted molar refractivity (Wildman–Crippen MR) is 80.1 cm³/mol. The van der Waals surface area contributed by atoms with E-state index in [0.717, 1.165) is 25.9 Å². The maximum atomic E-state index is 12.0. The first-order valence-corrected chi connectivity index (χ1v) is 6.99. The molecule has 0 unspecified atom stereocenters. The van der Waals surface area contributed by atoms with E-state index in [1.165, 1.54) is 7.11 Å². The number of rotatable bonds is 9. The zero-order valence-electron chi connectivity index (χ0n) is 12.3. The topological polar surface area (TPSA) is 73.6 Å². The van der Waals surface area contributed by atoms with Crippen LogP contribution in [0.1, 0.15) is 36.5 Å². The van der Waals surface area contributed by atoms with Gasteiger partial charge in [0.25, 0.3) is 5.91 Å². The van der Waals surface area contributed by atoms with E-state index in [0.29, 0.717) is 30.2 Å². The number of ether oxygens (including phenoxy) is 2. The van der Waals surface area contributed by atoms with Gasteiger partial charge in [0.1, 0.15) is 0 Å². The summed E-state index contributed by atoms with van der Waals surface area (Å²) in [4.78, 5) is 12.0. The number of carbonyl (C=O) groups is 1. The van der Waals surface area contributed by atoms with Crippen LogP contribution in [0.3, 0.4) is 0 Å². The van der Waals surface area contributed by atoms with E-state index in [9.17, 15) is 4.79 Å². The SMILES string of the molecule is CCCCOCCCNC(=O)c1cccc(N)c1OC. The summed E-state index contributed by atoms with van der Waals surface area (Å²) < 4.78 is 10.6. The second-order valence-electron chi connectivity index (χ2n) is 4.50. The van der Waals surface area contributed by atoms with Gasteiger partial charge in [-0.3, -0.25) is 4.79 Å². The molecule has 0 saturated heterocycles. The van der Waals surface area contributed by atoms with E-state index in [1.807, 2.05) is 0 Å². The molecule has 0 spiro atoms. The molecule has 5 nitrogen and oxygen atoms in total. The second kappa shape index (κ2) is 9.20. The van der Waals surface area contributed by atoms with Crippen LogP contribution in [0.5, 0.6) is 5.75 Å². The Morgan fingerprint density at radius 2 is 2.05 bits per heavy atom. The number of unbranched alkanes of at least 4 members (excludes halogenated alkanes) is 1. The fourth-order valence-electron chi connectivity index (χ4n) is 1.78. The molecule has 0 heterocycles. The van der Waals surface area contributed by atoms with Gasteiger partial charge >= 0.3 is 0 Å². The number of carbonyl (C=O) groups excluding carboxylic acids is 1. The van der Waals surface area contributed by atoms with E-state index < -0.39 is 0 Å². The third-order valence-corrected chi connectivity index (χ3v) is 2.89. The standard InChI is InChI=1S/C15H24N2O3/c1-3-4-10-20-11-6-9-17-15(18)12-7-5-8-13(16)14(12)19-2/h5,7-8H,3-4,6,9-11,16H2,1-2H3,(H,17,18). The maximum Gasteiger partial charge on any atom is 0.255 e. The highest BCUT2D eigenvalue weighted by Crippen LogP contribution is 2.25. The predicted octanol–water partition coefficient (Wildman–Crippen LogP) is 2.21. The fraction of sp³-hybridized carbons (Fsp3) is 0.533. The van der Waals surface area contributed by atoms with Crippen molar-refractivity contribution in [3.8, 4) is 5.75 Å². The van der Waals surface area contributed by atoms with E-state index >= 15 is 0 Å². The third kappa shape index (κ3) is 5.09. The Morgan fingerprint density at radius 1 is 1.30 bits per heavy atom. The van der Waals surface area contributed by atoms with Gasteiger partial charge in [0, 0.05) is 19.8 Å². The molecule has 1 aromatic carbocycles. The van der Waals surface area contributed by atoms with Crippen LogP contribution in [0, 0.1) is 0 Å². The highest BCUT2D eigenvalue weighted by atomic mass is 16.5. The summed E-state index contributed by atoms with van der Waals surface area (Å²) in [5, 5.41) is 2.84. The van der Waals surface area contributed by atoms with Crippen LogP contribution in [0.15, 0.2) is 18.2 Å². The minimum absolute atomic E-state index is 0.178. The van der Waals surface area contributed by atoms with Gasteiger partial charge in [0.05, 0.1) is 18.4 Å². The van der Waals surface area contributed by atoms with Crippen LogP contribution in [0.25, 0.3) is 0 Å². The van der Waals surface area contributed by atoms with Crippen LogP contribution in [0.4, 0.5) is 5.69 Å². The number of nitrogen functional groups attached to an aromatic ring is 1.